The quantitative estimate of drug-likeness (QED) is 0.694. The van der Waals surface area contributed by atoms with E-state index in [1.807, 2.05) is 12.1 Å². The van der Waals surface area contributed by atoms with Gasteiger partial charge >= 0.3 is 0 Å². The third-order valence-electron chi connectivity index (χ3n) is 8.11. The number of nitrogens with zero attached hydrogens (tertiary/aromatic N) is 4. The van der Waals surface area contributed by atoms with Gasteiger partial charge in [0.05, 0.1) is 5.92 Å². The predicted octanol–water partition coefficient (Wildman–Crippen LogP) is 4.48. The molecule has 3 fully saturated rings. The van der Waals surface area contributed by atoms with E-state index < -0.39 is 0 Å². The maximum absolute atomic E-state index is 13.6. The van der Waals surface area contributed by atoms with Crippen molar-refractivity contribution in [2.45, 2.75) is 89.0 Å². The lowest BCUT2D eigenvalue weighted by molar-refractivity contribution is -0.137. The van der Waals surface area contributed by atoms with Crippen molar-refractivity contribution in [2.75, 3.05) is 13.1 Å². The molecule has 5 rings (SSSR count). The zero-order valence-electron chi connectivity index (χ0n) is 20.5. The summed E-state index contributed by atoms with van der Waals surface area (Å²) in [5, 5.41) is 7.31. The summed E-state index contributed by atoms with van der Waals surface area (Å²) in [7, 11) is 0. The van der Waals surface area contributed by atoms with E-state index >= 15 is 0 Å². The number of fused-ring (bicyclic) bond motifs is 1. The molecule has 8 heteroatoms. The largest absolute Gasteiger partial charge is 0.356 e. The second kappa shape index (κ2) is 11.3. The first kappa shape index (κ1) is 23.9. The SMILES string of the molecule is O=C1NCCCCCCN(C(=O)CC2CCCCC2)[C@H]2C[C@H](c3nc(-c4cccnc4)no3)C[C@@H]12. The van der Waals surface area contributed by atoms with Crippen molar-refractivity contribution in [3.63, 3.8) is 0 Å². The summed E-state index contributed by atoms with van der Waals surface area (Å²) < 4.78 is 5.67. The third-order valence-corrected chi connectivity index (χ3v) is 8.11. The molecule has 0 unspecified atom stereocenters. The molecule has 0 spiro atoms. The topological polar surface area (TPSA) is 101 Å². The van der Waals surface area contributed by atoms with Crippen LogP contribution >= 0.6 is 0 Å². The molecule has 3 heterocycles. The van der Waals surface area contributed by atoms with E-state index in [0.29, 0.717) is 43.4 Å². The van der Waals surface area contributed by atoms with Crippen molar-refractivity contribution >= 4 is 11.8 Å². The van der Waals surface area contributed by atoms with Crippen molar-refractivity contribution in [3.8, 4) is 11.4 Å². The molecule has 0 radical (unpaired) electrons. The zero-order chi connectivity index (χ0) is 24.0. The summed E-state index contributed by atoms with van der Waals surface area (Å²) in [6.07, 6.45) is 15.5. The van der Waals surface area contributed by atoms with Gasteiger partial charge in [-0.1, -0.05) is 37.3 Å². The Kier molecular flexibility index (Phi) is 7.74. The van der Waals surface area contributed by atoms with Gasteiger partial charge in [-0.25, -0.2) is 0 Å². The van der Waals surface area contributed by atoms with Gasteiger partial charge in [0.2, 0.25) is 23.5 Å². The number of nitrogens with one attached hydrogen (secondary N) is 1. The summed E-state index contributed by atoms with van der Waals surface area (Å²) in [6.45, 7) is 1.44. The van der Waals surface area contributed by atoms with Crippen LogP contribution < -0.4 is 5.32 Å². The second-order valence-corrected chi connectivity index (χ2v) is 10.5. The smallest absolute Gasteiger partial charge is 0.230 e. The highest BCUT2D eigenvalue weighted by atomic mass is 16.5. The fourth-order valence-corrected chi connectivity index (χ4v) is 6.19. The first-order valence-corrected chi connectivity index (χ1v) is 13.5. The van der Waals surface area contributed by atoms with Crippen LogP contribution in [0.3, 0.4) is 0 Å². The van der Waals surface area contributed by atoms with Gasteiger partial charge < -0.3 is 14.7 Å². The van der Waals surface area contributed by atoms with Crippen molar-refractivity contribution < 1.29 is 14.1 Å². The highest BCUT2D eigenvalue weighted by molar-refractivity contribution is 5.82. The van der Waals surface area contributed by atoms with Crippen LogP contribution in [0.1, 0.15) is 88.9 Å². The Bertz CT molecular complexity index is 988. The number of rotatable bonds is 4. The van der Waals surface area contributed by atoms with Gasteiger partial charge in [-0.15, -0.1) is 0 Å². The van der Waals surface area contributed by atoms with Gasteiger partial charge in [-0.05, 0) is 56.6 Å². The molecule has 2 amide bonds. The molecule has 35 heavy (non-hydrogen) atoms. The zero-order valence-corrected chi connectivity index (χ0v) is 20.5. The minimum Gasteiger partial charge on any atom is -0.356 e. The summed E-state index contributed by atoms with van der Waals surface area (Å²) in [6, 6.07) is 3.62. The maximum atomic E-state index is 13.6. The average molecular weight is 480 g/mol. The van der Waals surface area contributed by atoms with Gasteiger partial charge in [0, 0.05) is 49.4 Å². The van der Waals surface area contributed by atoms with Crippen molar-refractivity contribution in [3.05, 3.63) is 30.4 Å². The van der Waals surface area contributed by atoms with Crippen molar-refractivity contribution in [1.29, 1.82) is 0 Å². The molecule has 0 aromatic carbocycles. The molecule has 0 bridgehead atoms. The van der Waals surface area contributed by atoms with Gasteiger partial charge in [0.1, 0.15) is 0 Å². The minimum atomic E-state index is -0.248. The second-order valence-electron chi connectivity index (χ2n) is 10.5. The lowest BCUT2D eigenvalue weighted by atomic mass is 9.86. The van der Waals surface area contributed by atoms with Crippen LogP contribution in [0.5, 0.6) is 0 Å². The van der Waals surface area contributed by atoms with E-state index in [9.17, 15) is 9.59 Å². The molecular weight excluding hydrogens is 442 g/mol. The molecule has 1 aliphatic heterocycles. The highest BCUT2D eigenvalue weighted by Crippen LogP contribution is 2.42. The first-order chi connectivity index (χ1) is 17.2. The highest BCUT2D eigenvalue weighted by Gasteiger charge is 2.45. The number of pyridine rings is 1. The van der Waals surface area contributed by atoms with Gasteiger partial charge in [-0.2, -0.15) is 4.98 Å². The normalized spacial score (nSPS) is 26.6. The van der Waals surface area contributed by atoms with Gasteiger partial charge in [0.25, 0.3) is 0 Å². The molecule has 1 saturated heterocycles. The van der Waals surface area contributed by atoms with Crippen molar-refractivity contribution in [2.24, 2.45) is 11.8 Å². The van der Waals surface area contributed by atoms with E-state index in [2.05, 4.69) is 25.3 Å². The van der Waals surface area contributed by atoms with Crippen LogP contribution in [0.15, 0.2) is 29.0 Å². The lowest BCUT2D eigenvalue weighted by Crippen LogP contribution is -2.47. The monoisotopic (exact) mass is 479 g/mol. The Morgan fingerprint density at radius 3 is 2.74 bits per heavy atom. The Morgan fingerprint density at radius 2 is 1.91 bits per heavy atom. The average Bonchev–Trinajstić information content (AvgIpc) is 3.54. The molecule has 2 aliphatic carbocycles. The summed E-state index contributed by atoms with van der Waals surface area (Å²) in [5.74, 6) is 1.54. The molecule has 1 N–H and O–H groups in total. The molecule has 3 atom stereocenters. The lowest BCUT2D eigenvalue weighted by Gasteiger charge is -2.34. The van der Waals surface area contributed by atoms with E-state index in [4.69, 9.17) is 4.52 Å². The number of amides is 2. The molecule has 188 valence electrons. The molecule has 2 aromatic heterocycles. The minimum absolute atomic E-state index is 0.0402. The number of carbonyl (C=O) groups excluding carboxylic acids is 2. The predicted molar refractivity (Wildman–Crippen MR) is 131 cm³/mol. The Labute approximate surface area is 207 Å². The number of hydrogen-bond acceptors (Lipinski definition) is 6. The van der Waals surface area contributed by atoms with Crippen LogP contribution in [-0.2, 0) is 9.59 Å². The Hall–Kier alpha value is -2.77. The maximum Gasteiger partial charge on any atom is 0.230 e. The molecule has 2 saturated carbocycles. The van der Waals surface area contributed by atoms with E-state index in [-0.39, 0.29) is 29.7 Å². The summed E-state index contributed by atoms with van der Waals surface area (Å²) in [5.41, 5.74) is 0.803. The van der Waals surface area contributed by atoms with Crippen LogP contribution in [0.4, 0.5) is 0 Å². The number of aromatic nitrogens is 3. The third kappa shape index (κ3) is 5.73. The fraction of sp³-hybridized carbons (Fsp3) is 0.667. The Balaban J connectivity index is 1.37. The van der Waals surface area contributed by atoms with Gasteiger partial charge in [0.15, 0.2) is 0 Å². The van der Waals surface area contributed by atoms with Crippen molar-refractivity contribution in [1.82, 2.24) is 25.3 Å². The first-order valence-electron chi connectivity index (χ1n) is 13.5. The standard InChI is InChI=1S/C27H37N5O3/c33-24(15-19-9-4-3-5-10-19)32-14-7-2-1-6-13-29-26(34)22-16-21(17-23(22)32)27-30-25(31-35-27)20-11-8-12-28-18-20/h8,11-12,18-19,21-23H,1-7,9-10,13-17H2,(H,29,34)/t21-,22-,23+/m1/s1. The van der Waals surface area contributed by atoms with Crippen LogP contribution in [0.25, 0.3) is 11.4 Å². The summed E-state index contributed by atoms with van der Waals surface area (Å²) >= 11 is 0. The molecule has 3 aliphatic rings. The molecule has 8 nitrogen and oxygen atoms in total. The van der Waals surface area contributed by atoms with E-state index in [0.717, 1.165) is 50.6 Å². The number of hydrogen-bond donors (Lipinski definition) is 1. The summed E-state index contributed by atoms with van der Waals surface area (Å²) in [4.78, 5) is 37.8. The number of carbonyl (C=O) groups is 2. The van der Waals surface area contributed by atoms with E-state index in [1.54, 1.807) is 12.4 Å². The van der Waals surface area contributed by atoms with Crippen LogP contribution in [0.2, 0.25) is 0 Å². The van der Waals surface area contributed by atoms with Crippen LogP contribution in [-0.4, -0.2) is 51.0 Å². The van der Waals surface area contributed by atoms with Crippen LogP contribution in [0, 0.1) is 11.8 Å². The Morgan fingerprint density at radius 1 is 1.09 bits per heavy atom. The van der Waals surface area contributed by atoms with E-state index in [1.165, 1.54) is 19.3 Å². The van der Waals surface area contributed by atoms with Gasteiger partial charge in [-0.3, -0.25) is 14.6 Å². The fourth-order valence-electron chi connectivity index (χ4n) is 6.19. The molecular formula is C27H37N5O3. The molecule has 2 aromatic rings.